The van der Waals surface area contributed by atoms with E-state index in [1.807, 2.05) is 13.0 Å². The molecule has 0 aliphatic rings. The number of aromatic nitrogens is 1. The van der Waals surface area contributed by atoms with Crippen molar-refractivity contribution in [1.82, 2.24) is 4.98 Å². The van der Waals surface area contributed by atoms with Gasteiger partial charge in [-0.3, -0.25) is 0 Å². The van der Waals surface area contributed by atoms with Crippen LogP contribution in [-0.2, 0) is 13.0 Å². The zero-order chi connectivity index (χ0) is 13.8. The second kappa shape index (κ2) is 5.75. The number of pyridine rings is 1. The number of benzene rings is 1. The molecule has 1 heterocycles. The number of ether oxygens (including phenoxy) is 1. The lowest BCUT2D eigenvalue weighted by Gasteiger charge is -2.08. The van der Waals surface area contributed by atoms with Gasteiger partial charge in [-0.05, 0) is 30.2 Å². The van der Waals surface area contributed by atoms with Gasteiger partial charge in [-0.15, -0.1) is 0 Å². The van der Waals surface area contributed by atoms with E-state index < -0.39 is 11.6 Å². The molecule has 0 saturated carbocycles. The fourth-order valence-corrected chi connectivity index (χ4v) is 1.63. The molecule has 0 aliphatic carbocycles. The minimum Gasteiger partial charge on any atom is -0.439 e. The third-order valence-corrected chi connectivity index (χ3v) is 2.63. The predicted octanol–water partition coefficient (Wildman–Crippen LogP) is 3.17. The van der Waals surface area contributed by atoms with Crippen molar-refractivity contribution in [3.63, 3.8) is 0 Å². The number of hydrogen-bond acceptors (Lipinski definition) is 3. The van der Waals surface area contributed by atoms with Gasteiger partial charge in [0.1, 0.15) is 5.75 Å². The van der Waals surface area contributed by atoms with Crippen molar-refractivity contribution in [3.8, 4) is 11.6 Å². The maximum absolute atomic E-state index is 13.1. The molecule has 100 valence electrons. The second-order valence-electron chi connectivity index (χ2n) is 4.04. The van der Waals surface area contributed by atoms with Crippen LogP contribution >= 0.6 is 0 Å². The summed E-state index contributed by atoms with van der Waals surface area (Å²) in [7, 11) is 0. The highest BCUT2D eigenvalue weighted by atomic mass is 19.2. The molecule has 0 atom stereocenters. The lowest BCUT2D eigenvalue weighted by atomic mass is 10.2. The van der Waals surface area contributed by atoms with Crippen LogP contribution in [0.2, 0.25) is 0 Å². The zero-order valence-electron chi connectivity index (χ0n) is 10.5. The molecule has 0 radical (unpaired) electrons. The molecule has 2 aromatic rings. The maximum atomic E-state index is 13.1. The van der Waals surface area contributed by atoms with Gasteiger partial charge in [0.2, 0.25) is 5.88 Å². The van der Waals surface area contributed by atoms with E-state index in [2.05, 4.69) is 4.98 Å². The maximum Gasteiger partial charge on any atom is 0.219 e. The molecule has 0 spiro atoms. The molecule has 1 aromatic heterocycles. The fourth-order valence-electron chi connectivity index (χ4n) is 1.63. The Morgan fingerprint density at radius 3 is 2.58 bits per heavy atom. The van der Waals surface area contributed by atoms with Crippen molar-refractivity contribution in [3.05, 3.63) is 53.2 Å². The topological polar surface area (TPSA) is 48.1 Å². The Morgan fingerprint density at radius 2 is 1.95 bits per heavy atom. The minimum absolute atomic E-state index is 0.197. The molecule has 5 heteroatoms. The molecule has 0 aliphatic heterocycles. The van der Waals surface area contributed by atoms with E-state index in [4.69, 9.17) is 10.5 Å². The minimum atomic E-state index is -0.955. The predicted molar refractivity (Wildman–Crippen MR) is 67.9 cm³/mol. The van der Waals surface area contributed by atoms with Crippen molar-refractivity contribution in [1.29, 1.82) is 0 Å². The van der Waals surface area contributed by atoms with E-state index in [0.29, 0.717) is 12.4 Å². The summed E-state index contributed by atoms with van der Waals surface area (Å²) in [5.74, 6) is -1.35. The summed E-state index contributed by atoms with van der Waals surface area (Å²) >= 11 is 0. The summed E-state index contributed by atoms with van der Waals surface area (Å²) in [6, 6.07) is 6.91. The van der Waals surface area contributed by atoms with Gasteiger partial charge in [0.05, 0.1) is 0 Å². The van der Waals surface area contributed by atoms with Gasteiger partial charge in [0.25, 0.3) is 0 Å². The molecule has 3 nitrogen and oxygen atoms in total. The standard InChI is InChI=1S/C14H14F2N2O/c1-2-10-5-9(8-17)6-14(18-10)19-11-3-4-12(15)13(16)7-11/h3-7H,2,8,17H2,1H3. The molecular weight excluding hydrogens is 250 g/mol. The van der Waals surface area contributed by atoms with Gasteiger partial charge in [-0.2, -0.15) is 0 Å². The Hall–Kier alpha value is -2.01. The van der Waals surface area contributed by atoms with Gasteiger partial charge in [-0.1, -0.05) is 6.92 Å². The first-order valence-corrected chi connectivity index (χ1v) is 5.95. The van der Waals surface area contributed by atoms with Crippen LogP contribution in [0.3, 0.4) is 0 Å². The van der Waals surface area contributed by atoms with Crippen molar-refractivity contribution in [2.45, 2.75) is 19.9 Å². The van der Waals surface area contributed by atoms with Crippen molar-refractivity contribution < 1.29 is 13.5 Å². The Bertz CT molecular complexity index is 565. The Balaban J connectivity index is 2.29. The fraction of sp³-hybridized carbons (Fsp3) is 0.214. The summed E-state index contributed by atoms with van der Waals surface area (Å²) in [6.07, 6.45) is 0.738. The normalized spacial score (nSPS) is 10.5. The largest absolute Gasteiger partial charge is 0.439 e. The van der Waals surface area contributed by atoms with E-state index in [1.165, 1.54) is 6.07 Å². The highest BCUT2D eigenvalue weighted by Crippen LogP contribution is 2.23. The quantitative estimate of drug-likeness (QED) is 0.922. The Labute approximate surface area is 110 Å². The third kappa shape index (κ3) is 3.26. The number of halogens is 2. The lowest BCUT2D eigenvalue weighted by molar-refractivity contribution is 0.445. The summed E-state index contributed by atoms with van der Waals surface area (Å²) in [5, 5.41) is 0. The zero-order valence-corrected chi connectivity index (χ0v) is 10.5. The van der Waals surface area contributed by atoms with Crippen LogP contribution in [0, 0.1) is 11.6 Å². The van der Waals surface area contributed by atoms with E-state index in [0.717, 1.165) is 29.8 Å². The number of nitrogens with zero attached hydrogens (tertiary/aromatic N) is 1. The average Bonchev–Trinajstić information content (AvgIpc) is 2.42. The van der Waals surface area contributed by atoms with Crippen LogP contribution in [0.25, 0.3) is 0 Å². The van der Waals surface area contributed by atoms with Gasteiger partial charge >= 0.3 is 0 Å². The monoisotopic (exact) mass is 264 g/mol. The van der Waals surface area contributed by atoms with Crippen LogP contribution in [0.1, 0.15) is 18.2 Å². The van der Waals surface area contributed by atoms with Crippen molar-refractivity contribution in [2.24, 2.45) is 5.73 Å². The summed E-state index contributed by atoms with van der Waals surface area (Å²) in [5.41, 5.74) is 7.30. The molecule has 19 heavy (non-hydrogen) atoms. The van der Waals surface area contributed by atoms with Crippen LogP contribution in [0.4, 0.5) is 8.78 Å². The van der Waals surface area contributed by atoms with Gasteiger partial charge in [0, 0.05) is 24.4 Å². The van der Waals surface area contributed by atoms with E-state index in [1.54, 1.807) is 6.07 Å². The van der Waals surface area contributed by atoms with Crippen molar-refractivity contribution in [2.75, 3.05) is 0 Å². The SMILES string of the molecule is CCc1cc(CN)cc(Oc2ccc(F)c(F)c2)n1. The first-order chi connectivity index (χ1) is 9.12. The summed E-state index contributed by atoms with van der Waals surface area (Å²) < 4.78 is 31.3. The lowest BCUT2D eigenvalue weighted by Crippen LogP contribution is -2.01. The van der Waals surface area contributed by atoms with E-state index in [9.17, 15) is 8.78 Å². The highest BCUT2D eigenvalue weighted by Gasteiger charge is 2.07. The molecule has 1 aromatic carbocycles. The Morgan fingerprint density at radius 1 is 1.16 bits per heavy atom. The Kier molecular flexibility index (Phi) is 4.06. The van der Waals surface area contributed by atoms with Gasteiger partial charge < -0.3 is 10.5 Å². The van der Waals surface area contributed by atoms with E-state index >= 15 is 0 Å². The van der Waals surface area contributed by atoms with Gasteiger partial charge in [0.15, 0.2) is 11.6 Å². The number of nitrogens with two attached hydrogens (primary N) is 1. The van der Waals surface area contributed by atoms with E-state index in [-0.39, 0.29) is 5.75 Å². The smallest absolute Gasteiger partial charge is 0.219 e. The van der Waals surface area contributed by atoms with Crippen LogP contribution in [0.15, 0.2) is 30.3 Å². The van der Waals surface area contributed by atoms with Crippen LogP contribution in [-0.4, -0.2) is 4.98 Å². The summed E-state index contributed by atoms with van der Waals surface area (Å²) in [4.78, 5) is 4.25. The molecule has 2 N–H and O–H groups in total. The number of aryl methyl sites for hydroxylation is 1. The average molecular weight is 264 g/mol. The van der Waals surface area contributed by atoms with Crippen molar-refractivity contribution >= 4 is 0 Å². The first kappa shape index (κ1) is 13.4. The third-order valence-electron chi connectivity index (χ3n) is 2.63. The molecule has 0 bridgehead atoms. The first-order valence-electron chi connectivity index (χ1n) is 5.95. The van der Waals surface area contributed by atoms with Gasteiger partial charge in [-0.25, -0.2) is 13.8 Å². The van der Waals surface area contributed by atoms with Crippen LogP contribution in [0.5, 0.6) is 11.6 Å². The molecule has 0 amide bonds. The number of rotatable bonds is 4. The molecule has 2 rings (SSSR count). The molecule has 0 fully saturated rings. The van der Waals surface area contributed by atoms with Crippen LogP contribution < -0.4 is 10.5 Å². The molecule has 0 unspecified atom stereocenters. The highest BCUT2D eigenvalue weighted by molar-refractivity contribution is 5.31. The second-order valence-corrected chi connectivity index (χ2v) is 4.04. The number of hydrogen-bond donors (Lipinski definition) is 1. The summed E-state index contributed by atoms with van der Waals surface area (Å²) in [6.45, 7) is 2.33. The molecular formula is C14H14F2N2O. The molecule has 0 saturated heterocycles.